The van der Waals surface area contributed by atoms with Crippen molar-refractivity contribution in [3.05, 3.63) is 66.2 Å². The highest BCUT2D eigenvalue weighted by molar-refractivity contribution is 6.02. The number of carbonyl (C=O) groups excluding carboxylic acids is 2. The van der Waals surface area contributed by atoms with Gasteiger partial charge in [0, 0.05) is 31.2 Å². The lowest BCUT2D eigenvalue weighted by atomic mass is 9.83. The quantitative estimate of drug-likeness (QED) is 0.590. The van der Waals surface area contributed by atoms with E-state index in [1.807, 2.05) is 50.2 Å². The fourth-order valence-corrected chi connectivity index (χ4v) is 4.57. The maximum absolute atomic E-state index is 13.3. The Labute approximate surface area is 186 Å². The van der Waals surface area contributed by atoms with Gasteiger partial charge in [-0.15, -0.1) is 0 Å². The van der Waals surface area contributed by atoms with Gasteiger partial charge < -0.3 is 9.64 Å². The van der Waals surface area contributed by atoms with E-state index in [0.717, 1.165) is 25.2 Å². The first-order valence-corrected chi connectivity index (χ1v) is 11.3. The number of hydrogen-bond acceptors (Lipinski definition) is 4. The summed E-state index contributed by atoms with van der Waals surface area (Å²) in [5.41, 5.74) is 1.10. The Balaban J connectivity index is 1.84. The molecule has 0 N–H and O–H groups in total. The Morgan fingerprint density at radius 3 is 2.13 bits per heavy atom. The van der Waals surface area contributed by atoms with E-state index in [0.29, 0.717) is 31.9 Å². The Bertz CT molecular complexity index is 845. The zero-order valence-corrected chi connectivity index (χ0v) is 18.9. The number of hydrogen-bond donors (Lipinski definition) is 0. The predicted molar refractivity (Wildman–Crippen MR) is 124 cm³/mol. The van der Waals surface area contributed by atoms with E-state index >= 15 is 0 Å². The first kappa shape index (κ1) is 23.0. The fourth-order valence-electron chi connectivity index (χ4n) is 4.57. The molecule has 166 valence electrons. The van der Waals surface area contributed by atoms with Gasteiger partial charge in [-0.25, -0.2) is 4.79 Å². The molecule has 2 aromatic rings. The lowest BCUT2D eigenvalue weighted by Gasteiger charge is -2.47. The van der Waals surface area contributed by atoms with E-state index < -0.39 is 5.54 Å². The largest absolute Gasteiger partial charge is 0.464 e. The van der Waals surface area contributed by atoms with Crippen molar-refractivity contribution in [1.29, 1.82) is 0 Å². The van der Waals surface area contributed by atoms with E-state index in [1.54, 1.807) is 4.90 Å². The van der Waals surface area contributed by atoms with Crippen LogP contribution in [0.1, 0.15) is 45.6 Å². The van der Waals surface area contributed by atoms with Gasteiger partial charge in [0.05, 0.1) is 6.61 Å². The summed E-state index contributed by atoms with van der Waals surface area (Å²) in [7, 11) is 0. The molecule has 1 saturated heterocycles. The number of carbonyl (C=O) groups is 2. The minimum absolute atomic E-state index is 0.0509. The van der Waals surface area contributed by atoms with Crippen molar-refractivity contribution in [3.63, 3.8) is 0 Å². The molecule has 0 aliphatic carbocycles. The second kappa shape index (κ2) is 10.6. The molecule has 0 saturated carbocycles. The summed E-state index contributed by atoms with van der Waals surface area (Å²) in [6, 6.07) is 20.4. The van der Waals surface area contributed by atoms with Crippen LogP contribution >= 0.6 is 0 Å². The molecule has 1 fully saturated rings. The average molecular weight is 423 g/mol. The van der Waals surface area contributed by atoms with Crippen molar-refractivity contribution in [1.82, 2.24) is 4.90 Å². The molecule has 3 rings (SSSR count). The molecule has 5 heteroatoms. The Kier molecular flexibility index (Phi) is 7.85. The van der Waals surface area contributed by atoms with Gasteiger partial charge >= 0.3 is 5.97 Å². The minimum Gasteiger partial charge on any atom is -0.464 e. The Morgan fingerprint density at radius 1 is 1.00 bits per heavy atom. The number of piperidine rings is 1. The Morgan fingerprint density at radius 2 is 1.58 bits per heavy atom. The minimum atomic E-state index is -0.965. The van der Waals surface area contributed by atoms with Crippen molar-refractivity contribution in [2.45, 2.75) is 58.0 Å². The standard InChI is InChI=1S/C26H34N2O3/c1-4-24(29)28(23-14-10-7-11-15-23)26(25(30)31-5-2)16-18-27(19-17-26)21(3)20-22-12-8-6-9-13-22/h6-15,21H,4-5,16-20H2,1-3H3. The maximum Gasteiger partial charge on any atom is 0.332 e. The zero-order valence-electron chi connectivity index (χ0n) is 18.9. The molecule has 1 aliphatic rings. The third kappa shape index (κ3) is 5.16. The van der Waals surface area contributed by atoms with Gasteiger partial charge in [-0.3, -0.25) is 9.69 Å². The molecule has 1 unspecified atom stereocenters. The van der Waals surface area contributed by atoms with Gasteiger partial charge in [-0.1, -0.05) is 55.5 Å². The molecule has 0 bridgehead atoms. The van der Waals surface area contributed by atoms with Gasteiger partial charge in [0.15, 0.2) is 0 Å². The molecule has 31 heavy (non-hydrogen) atoms. The van der Waals surface area contributed by atoms with Crippen LogP contribution in [0.5, 0.6) is 0 Å². The molecule has 1 aliphatic heterocycles. The summed E-state index contributed by atoms with van der Waals surface area (Å²) in [6.07, 6.45) is 2.42. The van der Waals surface area contributed by atoms with Gasteiger partial charge in [0.1, 0.15) is 5.54 Å². The summed E-state index contributed by atoms with van der Waals surface area (Å²) < 4.78 is 5.52. The van der Waals surface area contributed by atoms with E-state index in [1.165, 1.54) is 5.56 Å². The molecule has 1 atom stereocenters. The third-order valence-electron chi connectivity index (χ3n) is 6.27. The SMILES string of the molecule is CCOC(=O)C1(N(C(=O)CC)c2ccccc2)CCN(C(C)Cc2ccccc2)CC1. The molecule has 2 aromatic carbocycles. The molecule has 0 spiro atoms. The number of anilines is 1. The Hall–Kier alpha value is -2.66. The normalized spacial score (nSPS) is 17.0. The van der Waals surface area contributed by atoms with Crippen LogP contribution in [0.15, 0.2) is 60.7 Å². The van der Waals surface area contributed by atoms with Crippen molar-refractivity contribution in [3.8, 4) is 0 Å². The molecular formula is C26H34N2O3. The molecule has 0 radical (unpaired) electrons. The van der Waals surface area contributed by atoms with Crippen molar-refractivity contribution in [2.24, 2.45) is 0 Å². The average Bonchev–Trinajstić information content (AvgIpc) is 2.81. The van der Waals surface area contributed by atoms with E-state index in [4.69, 9.17) is 4.74 Å². The summed E-state index contributed by atoms with van der Waals surface area (Å²) in [4.78, 5) is 30.5. The summed E-state index contributed by atoms with van der Waals surface area (Å²) in [6.45, 7) is 7.68. The number of benzene rings is 2. The van der Waals surface area contributed by atoms with E-state index in [-0.39, 0.29) is 11.9 Å². The number of ether oxygens (including phenoxy) is 1. The summed E-state index contributed by atoms with van der Waals surface area (Å²) >= 11 is 0. The van der Waals surface area contributed by atoms with Crippen LogP contribution in [0, 0.1) is 0 Å². The van der Waals surface area contributed by atoms with Crippen LogP contribution in [0.3, 0.4) is 0 Å². The number of esters is 1. The predicted octanol–water partition coefficient (Wildman–Crippen LogP) is 4.46. The highest BCUT2D eigenvalue weighted by atomic mass is 16.5. The monoisotopic (exact) mass is 422 g/mol. The van der Waals surface area contributed by atoms with E-state index in [2.05, 4.69) is 36.1 Å². The number of rotatable bonds is 8. The highest BCUT2D eigenvalue weighted by Crippen LogP contribution is 2.36. The van der Waals surface area contributed by atoms with Crippen LogP contribution in [-0.2, 0) is 20.7 Å². The molecule has 1 heterocycles. The summed E-state index contributed by atoms with van der Waals surface area (Å²) in [5, 5.41) is 0. The first-order chi connectivity index (χ1) is 15.0. The van der Waals surface area contributed by atoms with Crippen molar-refractivity contribution >= 4 is 17.6 Å². The second-order valence-corrected chi connectivity index (χ2v) is 8.25. The number of amides is 1. The van der Waals surface area contributed by atoms with E-state index in [9.17, 15) is 9.59 Å². The number of nitrogens with zero attached hydrogens (tertiary/aromatic N) is 2. The first-order valence-electron chi connectivity index (χ1n) is 11.3. The van der Waals surface area contributed by atoms with Crippen molar-refractivity contribution in [2.75, 3.05) is 24.6 Å². The smallest absolute Gasteiger partial charge is 0.332 e. The van der Waals surface area contributed by atoms with Crippen molar-refractivity contribution < 1.29 is 14.3 Å². The van der Waals surface area contributed by atoms with Crippen LogP contribution in [0.4, 0.5) is 5.69 Å². The van der Waals surface area contributed by atoms with Crippen LogP contribution in [-0.4, -0.2) is 48.1 Å². The van der Waals surface area contributed by atoms with Crippen LogP contribution in [0.25, 0.3) is 0 Å². The highest BCUT2D eigenvalue weighted by Gasteiger charge is 2.50. The van der Waals surface area contributed by atoms with Crippen LogP contribution in [0.2, 0.25) is 0 Å². The lowest BCUT2D eigenvalue weighted by molar-refractivity contribution is -0.153. The molecule has 0 aromatic heterocycles. The summed E-state index contributed by atoms with van der Waals surface area (Å²) in [5.74, 6) is -0.346. The van der Waals surface area contributed by atoms with Gasteiger partial charge in [-0.05, 0) is 50.8 Å². The number of likely N-dealkylation sites (tertiary alicyclic amines) is 1. The zero-order chi connectivity index (χ0) is 22.3. The maximum atomic E-state index is 13.3. The van der Waals surface area contributed by atoms with Crippen LogP contribution < -0.4 is 4.90 Å². The third-order valence-corrected chi connectivity index (χ3v) is 6.27. The number of para-hydroxylation sites is 1. The molecule has 5 nitrogen and oxygen atoms in total. The topological polar surface area (TPSA) is 49.9 Å². The van der Waals surface area contributed by atoms with Gasteiger partial charge in [-0.2, -0.15) is 0 Å². The molecular weight excluding hydrogens is 388 g/mol. The van der Waals surface area contributed by atoms with Gasteiger partial charge in [0.25, 0.3) is 0 Å². The fraction of sp³-hybridized carbons (Fsp3) is 0.462. The lowest BCUT2D eigenvalue weighted by Crippen LogP contribution is -2.63. The van der Waals surface area contributed by atoms with Gasteiger partial charge in [0.2, 0.25) is 5.91 Å². The second-order valence-electron chi connectivity index (χ2n) is 8.25. The molecule has 1 amide bonds.